The zero-order valence-corrected chi connectivity index (χ0v) is 14.8. The Bertz CT molecular complexity index is 848. The Labute approximate surface area is 155 Å². The highest BCUT2D eigenvalue weighted by molar-refractivity contribution is 6.01. The number of aliphatic hydroxyl groups is 1. The van der Waals surface area contributed by atoms with Crippen molar-refractivity contribution in [3.05, 3.63) is 47.5 Å². The maximum Gasteiger partial charge on any atom is 0.337 e. The summed E-state index contributed by atoms with van der Waals surface area (Å²) in [6.45, 7) is 1.69. The highest BCUT2D eigenvalue weighted by atomic mass is 16.5. The van der Waals surface area contributed by atoms with Gasteiger partial charge in [-0.1, -0.05) is 11.6 Å². The van der Waals surface area contributed by atoms with Gasteiger partial charge in [-0.2, -0.15) is 0 Å². The average molecular weight is 372 g/mol. The van der Waals surface area contributed by atoms with Crippen LogP contribution in [0.3, 0.4) is 0 Å². The topological polar surface area (TPSA) is 103 Å². The van der Waals surface area contributed by atoms with Gasteiger partial charge in [0.15, 0.2) is 5.78 Å². The van der Waals surface area contributed by atoms with Crippen LogP contribution in [0.15, 0.2) is 46.3 Å². The lowest BCUT2D eigenvalue weighted by atomic mass is 9.66. The van der Waals surface area contributed by atoms with E-state index in [1.807, 2.05) is 0 Å². The van der Waals surface area contributed by atoms with Crippen LogP contribution in [0.2, 0.25) is 0 Å². The summed E-state index contributed by atoms with van der Waals surface area (Å²) in [5.74, 6) is -1.92. The van der Waals surface area contributed by atoms with Gasteiger partial charge in [0.05, 0.1) is 35.5 Å². The lowest BCUT2D eigenvalue weighted by Gasteiger charge is -2.35. The second kappa shape index (κ2) is 6.49. The molecule has 7 nitrogen and oxygen atoms in total. The molecule has 4 atom stereocenters. The minimum absolute atomic E-state index is 0.0509. The number of ketones is 1. The number of hydrogen-bond donors (Lipinski definition) is 1. The molecule has 0 saturated carbocycles. The molecule has 27 heavy (non-hydrogen) atoms. The number of esters is 2. The summed E-state index contributed by atoms with van der Waals surface area (Å²) in [5, 5.41) is 10.8. The van der Waals surface area contributed by atoms with Crippen molar-refractivity contribution in [2.24, 2.45) is 11.3 Å². The van der Waals surface area contributed by atoms with Crippen molar-refractivity contribution in [1.29, 1.82) is 0 Å². The number of hydrogen-bond acceptors (Lipinski definition) is 7. The van der Waals surface area contributed by atoms with Crippen LogP contribution in [-0.2, 0) is 23.9 Å². The highest BCUT2D eigenvalue weighted by Crippen LogP contribution is 2.46. The van der Waals surface area contributed by atoms with Crippen LogP contribution in [-0.4, -0.2) is 35.5 Å². The van der Waals surface area contributed by atoms with E-state index in [9.17, 15) is 19.5 Å². The predicted molar refractivity (Wildman–Crippen MR) is 91.1 cm³/mol. The number of rotatable bonds is 4. The molecule has 4 rings (SSSR count). The zero-order chi connectivity index (χ0) is 19.2. The van der Waals surface area contributed by atoms with Crippen molar-refractivity contribution >= 4 is 17.7 Å². The third kappa shape index (κ3) is 2.82. The third-order valence-corrected chi connectivity index (χ3v) is 5.78. The number of cyclic esters (lactones) is 2. The molecule has 1 N–H and O–H groups in total. The van der Waals surface area contributed by atoms with Gasteiger partial charge < -0.3 is 19.0 Å². The van der Waals surface area contributed by atoms with E-state index in [0.717, 1.165) is 5.56 Å². The molecule has 0 unspecified atom stereocenters. The lowest BCUT2D eigenvalue weighted by molar-refractivity contribution is -0.148. The van der Waals surface area contributed by atoms with Gasteiger partial charge in [-0.05, 0) is 31.9 Å². The standard InChI is InChI=1S/C20H20O7/c1-11-7-15(12-5-6-25-9-12)27-19(24)17(11)14(21)8-20-10-26-18(23)13(20)3-2-4-16(20)22/h2,4-6,9,13-15,21H,3,7-8,10H2,1H3/t13-,14+,15+,20+/m0/s1. The smallest absolute Gasteiger partial charge is 0.337 e. The van der Waals surface area contributed by atoms with Crippen LogP contribution in [0.4, 0.5) is 0 Å². The predicted octanol–water partition coefficient (Wildman–Crippen LogP) is 2.02. The van der Waals surface area contributed by atoms with E-state index in [2.05, 4.69) is 0 Å². The largest absolute Gasteiger partial charge is 0.472 e. The Hall–Kier alpha value is -2.67. The summed E-state index contributed by atoms with van der Waals surface area (Å²) in [7, 11) is 0. The molecule has 2 aliphatic heterocycles. The number of aliphatic hydroxyl groups excluding tert-OH is 1. The first-order chi connectivity index (χ1) is 12.9. The van der Waals surface area contributed by atoms with Crippen molar-refractivity contribution in [3.8, 4) is 0 Å². The Balaban J connectivity index is 1.59. The summed E-state index contributed by atoms with van der Waals surface area (Å²) in [6, 6.07) is 1.73. The molecule has 1 saturated heterocycles. The molecule has 142 valence electrons. The molecule has 0 amide bonds. The molecule has 1 aromatic heterocycles. The average Bonchev–Trinajstić information content (AvgIpc) is 3.25. The quantitative estimate of drug-likeness (QED) is 0.807. The number of ether oxygens (including phenoxy) is 2. The summed E-state index contributed by atoms with van der Waals surface area (Å²) >= 11 is 0. The molecule has 0 bridgehead atoms. The van der Waals surface area contributed by atoms with Gasteiger partial charge in [0.25, 0.3) is 0 Å². The summed E-state index contributed by atoms with van der Waals surface area (Å²) in [4.78, 5) is 37.1. The molecule has 7 heteroatoms. The number of fused-ring (bicyclic) bond motifs is 1. The third-order valence-electron chi connectivity index (χ3n) is 5.78. The number of furan rings is 1. The van der Waals surface area contributed by atoms with Gasteiger partial charge in [-0.3, -0.25) is 9.59 Å². The first kappa shape index (κ1) is 17.7. The Morgan fingerprint density at radius 2 is 2.15 bits per heavy atom. The molecule has 3 aliphatic rings. The van der Waals surface area contributed by atoms with Crippen LogP contribution < -0.4 is 0 Å². The van der Waals surface area contributed by atoms with Gasteiger partial charge in [-0.25, -0.2) is 4.79 Å². The SMILES string of the molecule is CC1=C([C@H](O)C[C@@]23COC(=O)[C@@H]2CC=CC3=O)C(=O)O[C@@H](c2ccoc2)C1. The highest BCUT2D eigenvalue weighted by Gasteiger charge is 2.56. The maximum absolute atomic E-state index is 12.6. The van der Waals surface area contributed by atoms with Crippen molar-refractivity contribution in [1.82, 2.24) is 0 Å². The van der Waals surface area contributed by atoms with Crippen molar-refractivity contribution < 1.29 is 33.4 Å². The van der Waals surface area contributed by atoms with Gasteiger partial charge in [-0.15, -0.1) is 0 Å². The van der Waals surface area contributed by atoms with Crippen LogP contribution in [0.5, 0.6) is 0 Å². The van der Waals surface area contributed by atoms with Gasteiger partial charge in [0.1, 0.15) is 12.7 Å². The molecule has 1 aromatic rings. The van der Waals surface area contributed by atoms with Crippen LogP contribution in [0.25, 0.3) is 0 Å². The van der Waals surface area contributed by atoms with E-state index in [4.69, 9.17) is 13.9 Å². The van der Waals surface area contributed by atoms with E-state index in [0.29, 0.717) is 18.4 Å². The van der Waals surface area contributed by atoms with Crippen molar-refractivity contribution in [2.45, 2.75) is 38.4 Å². The summed E-state index contributed by atoms with van der Waals surface area (Å²) in [5.41, 5.74) is 0.476. The molecule has 3 heterocycles. The van der Waals surface area contributed by atoms with Crippen LogP contribution in [0, 0.1) is 11.3 Å². The second-order valence-electron chi connectivity index (χ2n) is 7.39. The fourth-order valence-corrected chi connectivity index (χ4v) is 4.28. The minimum atomic E-state index is -1.21. The van der Waals surface area contributed by atoms with E-state index in [1.165, 1.54) is 18.6 Å². The molecule has 0 radical (unpaired) electrons. The molecule has 0 aromatic carbocycles. The summed E-state index contributed by atoms with van der Waals surface area (Å²) in [6.07, 6.45) is 5.20. The Morgan fingerprint density at radius 1 is 1.33 bits per heavy atom. The number of allylic oxidation sites excluding steroid dienone is 2. The molecule has 0 spiro atoms. The normalized spacial score (nSPS) is 31.6. The minimum Gasteiger partial charge on any atom is -0.472 e. The van der Waals surface area contributed by atoms with Gasteiger partial charge >= 0.3 is 11.9 Å². The van der Waals surface area contributed by atoms with Crippen molar-refractivity contribution in [2.75, 3.05) is 6.61 Å². The fraction of sp³-hybridized carbons (Fsp3) is 0.450. The monoisotopic (exact) mass is 372 g/mol. The van der Waals surface area contributed by atoms with E-state index in [-0.39, 0.29) is 24.4 Å². The Kier molecular flexibility index (Phi) is 4.26. The number of carbonyl (C=O) groups is 3. The zero-order valence-electron chi connectivity index (χ0n) is 14.8. The van der Waals surface area contributed by atoms with E-state index >= 15 is 0 Å². The van der Waals surface area contributed by atoms with Crippen molar-refractivity contribution in [3.63, 3.8) is 0 Å². The van der Waals surface area contributed by atoms with E-state index < -0.39 is 35.5 Å². The Morgan fingerprint density at radius 3 is 2.85 bits per heavy atom. The molecule has 1 aliphatic carbocycles. The molecular weight excluding hydrogens is 352 g/mol. The van der Waals surface area contributed by atoms with Crippen LogP contribution in [0.1, 0.15) is 37.9 Å². The van der Waals surface area contributed by atoms with Gasteiger partial charge in [0.2, 0.25) is 0 Å². The van der Waals surface area contributed by atoms with Gasteiger partial charge in [0, 0.05) is 12.0 Å². The molecule has 1 fully saturated rings. The second-order valence-corrected chi connectivity index (χ2v) is 7.39. The summed E-state index contributed by atoms with van der Waals surface area (Å²) < 4.78 is 15.6. The molecular formula is C20H20O7. The van der Waals surface area contributed by atoms with Crippen LogP contribution >= 0.6 is 0 Å². The first-order valence-electron chi connectivity index (χ1n) is 8.91. The lowest BCUT2D eigenvalue weighted by Crippen LogP contribution is -2.44. The van der Waals surface area contributed by atoms with E-state index in [1.54, 1.807) is 19.1 Å². The fourth-order valence-electron chi connectivity index (χ4n) is 4.28. The number of carbonyl (C=O) groups excluding carboxylic acids is 3. The maximum atomic E-state index is 12.6. The first-order valence-corrected chi connectivity index (χ1v) is 8.91.